The highest BCUT2D eigenvalue weighted by molar-refractivity contribution is 5.94. The number of nitrogens with one attached hydrogen (secondary N) is 4. The standard InChI is InChI=1S/C6H15N5O/c1-2-3-4-12-11-6(9)10-5(7)8/h2-4H2,1H3,(H6,7,8,9,10,11). The minimum Gasteiger partial charge on any atom is -0.370 e. The van der Waals surface area contributed by atoms with E-state index in [1.54, 1.807) is 0 Å². The maximum Gasteiger partial charge on any atom is 0.219 e. The van der Waals surface area contributed by atoms with Crippen LogP contribution in [-0.4, -0.2) is 18.5 Å². The highest BCUT2D eigenvalue weighted by Gasteiger charge is 1.94. The van der Waals surface area contributed by atoms with Crippen LogP contribution in [-0.2, 0) is 4.84 Å². The average molecular weight is 173 g/mol. The molecule has 6 heteroatoms. The van der Waals surface area contributed by atoms with Crippen LogP contribution in [0.25, 0.3) is 0 Å². The van der Waals surface area contributed by atoms with Gasteiger partial charge in [0.1, 0.15) is 0 Å². The first kappa shape index (κ1) is 10.7. The molecule has 0 aliphatic carbocycles. The van der Waals surface area contributed by atoms with Gasteiger partial charge in [0.15, 0.2) is 5.96 Å². The van der Waals surface area contributed by atoms with E-state index in [9.17, 15) is 0 Å². The summed E-state index contributed by atoms with van der Waals surface area (Å²) in [7, 11) is 0. The Labute approximate surface area is 71.4 Å². The third kappa shape index (κ3) is 6.81. The maximum absolute atomic E-state index is 7.09. The Kier molecular flexibility index (Phi) is 5.72. The van der Waals surface area contributed by atoms with Crippen LogP contribution in [0.1, 0.15) is 19.8 Å². The number of hydrogen-bond donors (Lipinski definition) is 5. The summed E-state index contributed by atoms with van der Waals surface area (Å²) in [4.78, 5) is 4.85. The lowest BCUT2D eigenvalue weighted by molar-refractivity contribution is 0.0804. The first-order chi connectivity index (χ1) is 5.66. The number of rotatable bonds is 4. The highest BCUT2D eigenvalue weighted by Crippen LogP contribution is 1.84. The molecule has 0 saturated carbocycles. The second kappa shape index (κ2) is 6.41. The lowest BCUT2D eigenvalue weighted by Crippen LogP contribution is -2.43. The topological polar surface area (TPSA) is 107 Å². The van der Waals surface area contributed by atoms with Crippen molar-refractivity contribution in [3.63, 3.8) is 0 Å². The monoisotopic (exact) mass is 173 g/mol. The normalized spacial score (nSPS) is 9.08. The Morgan fingerprint density at radius 3 is 2.67 bits per heavy atom. The average Bonchev–Trinajstić information content (AvgIpc) is 1.97. The van der Waals surface area contributed by atoms with Gasteiger partial charge in [0.25, 0.3) is 0 Å². The Morgan fingerprint density at radius 1 is 1.50 bits per heavy atom. The molecule has 0 aliphatic heterocycles. The Morgan fingerprint density at radius 2 is 2.17 bits per heavy atom. The zero-order valence-electron chi connectivity index (χ0n) is 7.11. The number of hydroxylamine groups is 1. The van der Waals surface area contributed by atoms with Gasteiger partial charge in [-0.1, -0.05) is 13.3 Å². The third-order valence-corrected chi connectivity index (χ3v) is 1.03. The minimum absolute atomic E-state index is 0.126. The van der Waals surface area contributed by atoms with Crippen molar-refractivity contribution in [2.45, 2.75) is 19.8 Å². The maximum atomic E-state index is 7.09. The molecule has 0 aromatic heterocycles. The number of hydrogen-bond acceptors (Lipinski definition) is 3. The van der Waals surface area contributed by atoms with Gasteiger partial charge in [-0.05, 0) is 6.42 Å². The van der Waals surface area contributed by atoms with Crippen LogP contribution in [0.5, 0.6) is 0 Å². The summed E-state index contributed by atoms with van der Waals surface area (Å²) in [6.45, 7) is 2.58. The molecule has 0 unspecified atom stereocenters. The quantitative estimate of drug-likeness (QED) is 0.174. The Hall–Kier alpha value is -1.30. The van der Waals surface area contributed by atoms with Gasteiger partial charge in [0, 0.05) is 0 Å². The van der Waals surface area contributed by atoms with Crippen molar-refractivity contribution in [1.82, 2.24) is 10.8 Å². The van der Waals surface area contributed by atoms with Crippen LogP contribution >= 0.6 is 0 Å². The number of unbranched alkanes of at least 4 members (excludes halogenated alkanes) is 1. The van der Waals surface area contributed by atoms with Gasteiger partial charge in [-0.3, -0.25) is 21.0 Å². The van der Waals surface area contributed by atoms with Crippen LogP contribution in [0.2, 0.25) is 0 Å². The molecule has 0 amide bonds. The van der Waals surface area contributed by atoms with Crippen molar-refractivity contribution in [3.05, 3.63) is 0 Å². The van der Waals surface area contributed by atoms with E-state index >= 15 is 0 Å². The van der Waals surface area contributed by atoms with Crippen molar-refractivity contribution < 1.29 is 4.84 Å². The molecule has 0 fully saturated rings. The lowest BCUT2D eigenvalue weighted by Gasteiger charge is -2.07. The van der Waals surface area contributed by atoms with E-state index in [4.69, 9.17) is 21.4 Å². The van der Waals surface area contributed by atoms with Gasteiger partial charge in [-0.25, -0.2) is 5.48 Å². The molecule has 0 aliphatic rings. The van der Waals surface area contributed by atoms with E-state index in [-0.39, 0.29) is 11.9 Å². The summed E-state index contributed by atoms with van der Waals surface area (Å²) in [6, 6.07) is 0. The molecule has 0 atom stereocenters. The van der Waals surface area contributed by atoms with Crippen molar-refractivity contribution in [2.75, 3.05) is 6.61 Å². The van der Waals surface area contributed by atoms with Crippen molar-refractivity contribution in [2.24, 2.45) is 5.73 Å². The summed E-state index contributed by atoms with van der Waals surface area (Å²) in [5.41, 5.74) is 7.26. The molecule has 0 aromatic carbocycles. The second-order valence-electron chi connectivity index (χ2n) is 2.22. The zero-order valence-corrected chi connectivity index (χ0v) is 7.11. The molecule has 70 valence electrons. The van der Waals surface area contributed by atoms with Crippen LogP contribution in [0.4, 0.5) is 0 Å². The van der Waals surface area contributed by atoms with Gasteiger partial charge in [0.2, 0.25) is 5.96 Å². The largest absolute Gasteiger partial charge is 0.370 e. The molecular weight excluding hydrogens is 158 g/mol. The van der Waals surface area contributed by atoms with Gasteiger partial charge in [0.05, 0.1) is 6.61 Å². The highest BCUT2D eigenvalue weighted by atomic mass is 16.6. The molecule has 0 heterocycles. The molecule has 0 spiro atoms. The van der Waals surface area contributed by atoms with Crippen molar-refractivity contribution >= 4 is 11.9 Å². The molecular formula is C6H15N5O. The molecule has 0 rings (SSSR count). The SMILES string of the molecule is CCCCONC(=N)NC(=N)N. The van der Waals surface area contributed by atoms with E-state index in [1.807, 2.05) is 6.92 Å². The van der Waals surface area contributed by atoms with E-state index in [2.05, 4.69) is 10.8 Å². The predicted octanol–water partition coefficient (Wildman–Crippen LogP) is -0.274. The van der Waals surface area contributed by atoms with Crippen LogP contribution < -0.4 is 16.5 Å². The fourth-order valence-electron chi connectivity index (χ4n) is 0.500. The zero-order chi connectivity index (χ0) is 9.40. The van der Waals surface area contributed by atoms with Crippen LogP contribution in [0.3, 0.4) is 0 Å². The molecule has 0 saturated heterocycles. The molecule has 6 nitrogen and oxygen atoms in total. The van der Waals surface area contributed by atoms with Crippen molar-refractivity contribution in [1.29, 1.82) is 10.8 Å². The smallest absolute Gasteiger partial charge is 0.219 e. The fraction of sp³-hybridized carbons (Fsp3) is 0.667. The third-order valence-electron chi connectivity index (χ3n) is 1.03. The van der Waals surface area contributed by atoms with E-state index < -0.39 is 0 Å². The van der Waals surface area contributed by atoms with E-state index in [0.717, 1.165) is 12.8 Å². The van der Waals surface area contributed by atoms with Crippen molar-refractivity contribution in [3.8, 4) is 0 Å². The molecule has 12 heavy (non-hydrogen) atoms. The molecule has 6 N–H and O–H groups in total. The predicted molar refractivity (Wildman–Crippen MR) is 46.8 cm³/mol. The lowest BCUT2D eigenvalue weighted by atomic mass is 10.4. The summed E-state index contributed by atoms with van der Waals surface area (Å²) in [5, 5.41) is 16.1. The Balaban J connectivity index is 3.26. The van der Waals surface area contributed by atoms with Crippen LogP contribution in [0, 0.1) is 10.8 Å². The number of nitrogens with two attached hydrogens (primary N) is 1. The van der Waals surface area contributed by atoms with E-state index in [1.165, 1.54) is 0 Å². The summed E-state index contributed by atoms with van der Waals surface area (Å²) < 4.78 is 0. The second-order valence-corrected chi connectivity index (χ2v) is 2.22. The molecule has 0 aromatic rings. The van der Waals surface area contributed by atoms with E-state index in [0.29, 0.717) is 6.61 Å². The van der Waals surface area contributed by atoms with Gasteiger partial charge in [-0.2, -0.15) is 0 Å². The van der Waals surface area contributed by atoms with Gasteiger partial charge >= 0.3 is 0 Å². The summed E-state index contributed by atoms with van der Waals surface area (Å²) in [6.07, 6.45) is 1.97. The fourth-order valence-corrected chi connectivity index (χ4v) is 0.500. The molecule has 0 radical (unpaired) electrons. The molecule has 0 bridgehead atoms. The van der Waals surface area contributed by atoms with Gasteiger partial charge in [-0.15, -0.1) is 0 Å². The van der Waals surface area contributed by atoms with Gasteiger partial charge < -0.3 is 5.73 Å². The minimum atomic E-state index is -0.286. The Bertz CT molecular complexity index is 158. The van der Waals surface area contributed by atoms with Crippen LogP contribution in [0.15, 0.2) is 0 Å². The first-order valence-corrected chi connectivity index (χ1v) is 3.74. The summed E-state index contributed by atoms with van der Waals surface area (Å²) >= 11 is 0. The number of guanidine groups is 2. The first-order valence-electron chi connectivity index (χ1n) is 3.74. The summed E-state index contributed by atoms with van der Waals surface area (Å²) in [5.74, 6) is -0.412.